The molecule has 0 aliphatic carbocycles. The van der Waals surface area contributed by atoms with Gasteiger partial charge in [0.2, 0.25) is 0 Å². The van der Waals surface area contributed by atoms with Crippen molar-refractivity contribution in [1.29, 1.82) is 0 Å². The molecule has 0 spiro atoms. The van der Waals surface area contributed by atoms with Crippen molar-refractivity contribution in [2.24, 2.45) is 0 Å². The van der Waals surface area contributed by atoms with Crippen molar-refractivity contribution in [2.75, 3.05) is 0 Å². The predicted molar refractivity (Wildman–Crippen MR) is 34.4 cm³/mol. The summed E-state index contributed by atoms with van der Waals surface area (Å²) < 4.78 is 4.06. The third kappa shape index (κ3) is 1.24. The fourth-order valence-electron chi connectivity index (χ4n) is 0.634. The van der Waals surface area contributed by atoms with Crippen molar-refractivity contribution in [3.63, 3.8) is 0 Å². The summed E-state index contributed by atoms with van der Waals surface area (Å²) in [6.45, 7) is 3.16. The van der Waals surface area contributed by atoms with Crippen LogP contribution in [0.1, 0.15) is 0 Å². The highest BCUT2D eigenvalue weighted by Crippen LogP contribution is 2.08. The number of cyclic esters (lactones) is 2. The summed E-state index contributed by atoms with van der Waals surface area (Å²) in [5, 5.41) is 0. The van der Waals surface area contributed by atoms with Gasteiger partial charge in [-0.15, -0.1) is 0 Å². The van der Waals surface area contributed by atoms with E-state index in [9.17, 15) is 14.4 Å². The van der Waals surface area contributed by atoms with Gasteiger partial charge in [0.1, 0.15) is 5.57 Å². The van der Waals surface area contributed by atoms with Gasteiger partial charge in [-0.25, -0.2) is 9.59 Å². The highest BCUT2D eigenvalue weighted by molar-refractivity contribution is 6.28. The zero-order valence-electron chi connectivity index (χ0n) is 5.49. The van der Waals surface area contributed by atoms with Gasteiger partial charge in [-0.05, 0) is 6.08 Å². The highest BCUT2D eigenvalue weighted by atomic mass is 16.6. The molecular formula is C7H4O4. The molecular weight excluding hydrogens is 148 g/mol. The van der Waals surface area contributed by atoms with Gasteiger partial charge >= 0.3 is 11.9 Å². The first-order chi connectivity index (χ1) is 5.15. The van der Waals surface area contributed by atoms with E-state index < -0.39 is 17.7 Å². The van der Waals surface area contributed by atoms with Crippen LogP contribution in [0.5, 0.6) is 0 Å². The molecule has 0 bridgehead atoms. The van der Waals surface area contributed by atoms with Crippen molar-refractivity contribution in [3.8, 4) is 0 Å². The zero-order valence-corrected chi connectivity index (χ0v) is 5.49. The van der Waals surface area contributed by atoms with E-state index in [4.69, 9.17) is 0 Å². The Morgan fingerprint density at radius 1 is 1.55 bits per heavy atom. The van der Waals surface area contributed by atoms with E-state index in [-0.39, 0.29) is 5.57 Å². The minimum atomic E-state index is -0.903. The number of esters is 2. The Balaban J connectivity index is 2.96. The van der Waals surface area contributed by atoms with Crippen molar-refractivity contribution in [3.05, 3.63) is 24.3 Å². The first-order valence-corrected chi connectivity index (χ1v) is 2.79. The number of ether oxygens (including phenoxy) is 1. The molecule has 0 aromatic rings. The van der Waals surface area contributed by atoms with Gasteiger partial charge in [-0.3, -0.25) is 4.79 Å². The minimum absolute atomic E-state index is 0.259. The van der Waals surface area contributed by atoms with Gasteiger partial charge in [0.05, 0.1) is 0 Å². The van der Waals surface area contributed by atoms with Crippen molar-refractivity contribution >= 4 is 17.7 Å². The predicted octanol–water partition coefficient (Wildman–Crippen LogP) is -0.249. The number of hydrogen-bond donors (Lipinski definition) is 0. The molecule has 1 aliphatic rings. The number of allylic oxidation sites excluding steroid dienone is 1. The highest BCUT2D eigenvalue weighted by Gasteiger charge is 2.27. The van der Waals surface area contributed by atoms with Crippen LogP contribution < -0.4 is 0 Å². The van der Waals surface area contributed by atoms with Crippen molar-refractivity contribution < 1.29 is 19.1 Å². The lowest BCUT2D eigenvalue weighted by Gasteiger charge is -1.88. The van der Waals surface area contributed by atoms with Crippen LogP contribution in [0.15, 0.2) is 24.3 Å². The van der Waals surface area contributed by atoms with Crippen LogP contribution in [0.4, 0.5) is 0 Å². The molecule has 0 aromatic heterocycles. The van der Waals surface area contributed by atoms with Gasteiger partial charge in [-0.1, -0.05) is 6.58 Å². The van der Waals surface area contributed by atoms with Gasteiger partial charge in [0.25, 0.3) is 0 Å². The fourth-order valence-corrected chi connectivity index (χ4v) is 0.634. The van der Waals surface area contributed by atoms with Crippen LogP contribution in [0.3, 0.4) is 0 Å². The van der Waals surface area contributed by atoms with Crippen molar-refractivity contribution in [1.82, 2.24) is 0 Å². The maximum absolute atomic E-state index is 10.7. The van der Waals surface area contributed by atoms with Crippen LogP contribution in [-0.4, -0.2) is 17.7 Å². The Kier molecular flexibility index (Phi) is 1.68. The molecule has 0 N–H and O–H groups in total. The molecule has 4 heteroatoms. The molecule has 1 aliphatic heterocycles. The Hall–Kier alpha value is -1.71. The van der Waals surface area contributed by atoms with E-state index in [1.807, 2.05) is 0 Å². The van der Waals surface area contributed by atoms with E-state index >= 15 is 0 Å². The number of hydrogen-bond acceptors (Lipinski definition) is 4. The van der Waals surface area contributed by atoms with Crippen LogP contribution in [0.25, 0.3) is 0 Å². The number of ketones is 1. The molecule has 0 atom stereocenters. The van der Waals surface area contributed by atoms with Crippen LogP contribution in [0.2, 0.25) is 0 Å². The maximum atomic E-state index is 10.7. The van der Waals surface area contributed by atoms with Gasteiger partial charge < -0.3 is 4.74 Å². The Bertz CT molecular complexity index is 285. The first kappa shape index (κ1) is 7.40. The maximum Gasteiger partial charge on any atom is 0.350 e. The molecule has 0 saturated heterocycles. The first-order valence-electron chi connectivity index (χ1n) is 2.79. The minimum Gasteiger partial charge on any atom is -0.386 e. The number of carbonyl (C=O) groups is 3. The average molecular weight is 152 g/mol. The Labute approximate surface area is 62.1 Å². The Morgan fingerprint density at radius 3 is 2.55 bits per heavy atom. The molecule has 56 valence electrons. The molecule has 0 radical (unpaired) electrons. The second-order valence-electron chi connectivity index (χ2n) is 1.83. The standard InChI is InChI=1S/C7H4O4/c1-2-5(8)4-3-6(9)11-7(4)10/h2-3H,1H2. The summed E-state index contributed by atoms with van der Waals surface area (Å²) in [7, 11) is 0. The molecule has 0 unspecified atom stereocenters. The summed E-state index contributed by atoms with van der Waals surface area (Å²) in [4.78, 5) is 31.7. The normalized spacial score (nSPS) is 15.8. The van der Waals surface area contributed by atoms with Crippen LogP contribution >= 0.6 is 0 Å². The smallest absolute Gasteiger partial charge is 0.350 e. The molecule has 0 aromatic carbocycles. The zero-order chi connectivity index (χ0) is 8.43. The molecule has 1 heterocycles. The van der Waals surface area contributed by atoms with Gasteiger partial charge in [0, 0.05) is 6.08 Å². The second-order valence-corrected chi connectivity index (χ2v) is 1.83. The quantitative estimate of drug-likeness (QED) is 0.237. The molecule has 11 heavy (non-hydrogen) atoms. The number of rotatable bonds is 2. The lowest BCUT2D eigenvalue weighted by Crippen LogP contribution is -2.07. The monoisotopic (exact) mass is 152 g/mol. The summed E-state index contributed by atoms with van der Waals surface area (Å²) in [5.41, 5.74) is -0.259. The Morgan fingerprint density at radius 2 is 2.18 bits per heavy atom. The van der Waals surface area contributed by atoms with E-state index in [0.29, 0.717) is 0 Å². The fraction of sp³-hybridized carbons (Fsp3) is 0. The van der Waals surface area contributed by atoms with Crippen LogP contribution in [0, 0.1) is 0 Å². The molecule has 4 nitrogen and oxygen atoms in total. The molecule has 0 amide bonds. The van der Waals surface area contributed by atoms with Gasteiger partial charge in [-0.2, -0.15) is 0 Å². The third-order valence-electron chi connectivity index (χ3n) is 1.13. The van der Waals surface area contributed by atoms with E-state index in [1.54, 1.807) is 0 Å². The molecule has 1 rings (SSSR count). The van der Waals surface area contributed by atoms with E-state index in [1.165, 1.54) is 0 Å². The topological polar surface area (TPSA) is 60.4 Å². The lowest BCUT2D eigenvalue weighted by molar-refractivity contribution is -0.150. The SMILES string of the molecule is C=CC(=O)C1=CC(=O)OC1=O. The van der Waals surface area contributed by atoms with Crippen molar-refractivity contribution in [2.45, 2.75) is 0 Å². The molecule has 0 saturated carbocycles. The largest absolute Gasteiger partial charge is 0.386 e. The van der Waals surface area contributed by atoms with Crippen LogP contribution in [-0.2, 0) is 19.1 Å². The summed E-state index contributed by atoms with van der Waals surface area (Å²) in [6.07, 6.45) is 1.80. The third-order valence-corrected chi connectivity index (χ3v) is 1.13. The summed E-state index contributed by atoms with van der Waals surface area (Å²) in [5.74, 6) is -2.30. The summed E-state index contributed by atoms with van der Waals surface area (Å²) in [6, 6.07) is 0. The van der Waals surface area contributed by atoms with E-state index in [2.05, 4.69) is 11.3 Å². The van der Waals surface area contributed by atoms with Gasteiger partial charge in [0.15, 0.2) is 5.78 Å². The summed E-state index contributed by atoms with van der Waals surface area (Å²) >= 11 is 0. The average Bonchev–Trinajstić information content (AvgIpc) is 2.28. The number of carbonyl (C=O) groups excluding carboxylic acids is 3. The lowest BCUT2D eigenvalue weighted by atomic mass is 10.2. The molecule has 0 fully saturated rings. The second kappa shape index (κ2) is 2.49. The van der Waals surface area contributed by atoms with E-state index in [0.717, 1.165) is 12.2 Å².